The normalized spacial score (nSPS) is 20.6. The molecule has 3 saturated heterocycles. The molecule has 3 aliphatic heterocycles. The van der Waals surface area contributed by atoms with Gasteiger partial charge >= 0.3 is 17.9 Å². The summed E-state index contributed by atoms with van der Waals surface area (Å²) in [6.07, 6.45) is -2.32. The van der Waals surface area contributed by atoms with Gasteiger partial charge in [-0.15, -0.1) is 0 Å². The molecule has 9 heteroatoms. The van der Waals surface area contributed by atoms with E-state index < -0.39 is 36.2 Å². The Hall–Kier alpha value is -6.39. The summed E-state index contributed by atoms with van der Waals surface area (Å²) < 4.78 is 14.8. The van der Waals surface area contributed by atoms with Gasteiger partial charge < -0.3 is 29.5 Å². The molecule has 0 unspecified atom stereocenters. The molecule has 288 valence electrons. The molecule has 3 N–H and O–H groups in total. The number of hydrogen-bond acceptors (Lipinski definition) is 9. The van der Waals surface area contributed by atoms with Crippen molar-refractivity contribution in [1.82, 2.24) is 0 Å². The fourth-order valence-electron chi connectivity index (χ4n) is 7.55. The maximum absolute atomic E-state index is 11.4. The van der Waals surface area contributed by atoms with Crippen LogP contribution in [0.1, 0.15) is 35.0 Å². The minimum Gasteiger partial charge on any atom is -0.462 e. The van der Waals surface area contributed by atoms with E-state index in [0.29, 0.717) is 16.7 Å². The Morgan fingerprint density at radius 3 is 0.895 bits per heavy atom. The summed E-state index contributed by atoms with van der Waals surface area (Å²) in [5, 5.41) is 37.7. The van der Waals surface area contributed by atoms with Gasteiger partial charge in [0.25, 0.3) is 0 Å². The standard InChI is InChI=1S/3C16H14O3/c3*1-10-14(9-19-16(10)18)15(17)13-8-4-6-11-5-2-3-7-12(11)13/h3*2-8,14-15,17H,1,9H2/t3*14-,15+/m000/s1. The largest absolute Gasteiger partial charge is 0.462 e. The minimum atomic E-state index is -0.773. The van der Waals surface area contributed by atoms with Crippen molar-refractivity contribution in [3.8, 4) is 0 Å². The number of hydrogen-bond donors (Lipinski definition) is 3. The number of aliphatic hydroxyl groups excluding tert-OH is 3. The van der Waals surface area contributed by atoms with Gasteiger partial charge in [-0.2, -0.15) is 0 Å². The second-order valence-corrected chi connectivity index (χ2v) is 14.2. The number of carbonyl (C=O) groups excluding carboxylic acids is 3. The summed E-state index contributed by atoms with van der Waals surface area (Å²) in [5.74, 6) is -2.33. The number of ether oxygens (including phenoxy) is 3. The predicted molar refractivity (Wildman–Crippen MR) is 217 cm³/mol. The summed E-state index contributed by atoms with van der Waals surface area (Å²) >= 11 is 0. The van der Waals surface area contributed by atoms with Crippen LogP contribution in [0.5, 0.6) is 0 Å². The Bertz CT molecular complexity index is 2240. The van der Waals surface area contributed by atoms with Crippen LogP contribution < -0.4 is 0 Å². The molecule has 3 fully saturated rings. The van der Waals surface area contributed by atoms with Crippen LogP contribution in [0.3, 0.4) is 0 Å². The van der Waals surface area contributed by atoms with Crippen molar-refractivity contribution in [3.63, 3.8) is 0 Å². The molecule has 0 aliphatic carbocycles. The summed E-state index contributed by atoms with van der Waals surface area (Å²) in [6, 6.07) is 40.9. The van der Waals surface area contributed by atoms with Crippen molar-refractivity contribution >= 4 is 50.2 Å². The monoisotopic (exact) mass is 762 g/mol. The third-order valence-corrected chi connectivity index (χ3v) is 10.9. The van der Waals surface area contributed by atoms with E-state index >= 15 is 0 Å². The summed E-state index contributed by atoms with van der Waals surface area (Å²) in [7, 11) is 0. The van der Waals surface area contributed by atoms with Crippen LogP contribution in [-0.4, -0.2) is 53.0 Å². The van der Waals surface area contributed by atoms with Gasteiger partial charge in [-0.1, -0.05) is 147 Å². The molecule has 3 heterocycles. The molecule has 6 aromatic rings. The van der Waals surface area contributed by atoms with Crippen molar-refractivity contribution in [1.29, 1.82) is 0 Å². The van der Waals surface area contributed by atoms with E-state index in [-0.39, 0.29) is 37.6 Å². The number of fused-ring (bicyclic) bond motifs is 3. The molecule has 57 heavy (non-hydrogen) atoms. The number of carbonyl (C=O) groups is 3. The van der Waals surface area contributed by atoms with Gasteiger partial charge in [0.1, 0.15) is 19.8 Å². The maximum atomic E-state index is 11.4. The lowest BCUT2D eigenvalue weighted by Crippen LogP contribution is -2.14. The van der Waals surface area contributed by atoms with Crippen molar-refractivity contribution in [2.75, 3.05) is 19.8 Å². The number of rotatable bonds is 6. The SMILES string of the molecule is C=C1C(=O)OC[C@@H]1[C@H](O)c1cccc2ccccc12.C=C1C(=O)OC[C@@H]1[C@H](O)c1cccc2ccccc12.C=C1C(=O)OC[C@@H]1[C@H](O)c1cccc2ccccc12. The lowest BCUT2D eigenvalue weighted by molar-refractivity contribution is -0.136. The van der Waals surface area contributed by atoms with Crippen LogP contribution in [0.2, 0.25) is 0 Å². The summed E-state index contributed by atoms with van der Waals surface area (Å²) in [4.78, 5) is 34.1. The highest BCUT2D eigenvalue weighted by molar-refractivity contribution is 5.93. The van der Waals surface area contributed by atoms with Crippen molar-refractivity contribution in [2.45, 2.75) is 18.3 Å². The van der Waals surface area contributed by atoms with Crippen LogP contribution in [0.4, 0.5) is 0 Å². The first-order valence-corrected chi connectivity index (χ1v) is 18.6. The van der Waals surface area contributed by atoms with E-state index in [2.05, 4.69) is 19.7 Å². The average molecular weight is 763 g/mol. The molecular weight excluding hydrogens is 721 g/mol. The first kappa shape index (κ1) is 38.9. The zero-order chi connectivity index (χ0) is 40.2. The molecule has 0 amide bonds. The lowest BCUT2D eigenvalue weighted by Gasteiger charge is -2.18. The Morgan fingerprint density at radius 1 is 0.404 bits per heavy atom. The first-order valence-electron chi connectivity index (χ1n) is 18.6. The van der Waals surface area contributed by atoms with Crippen LogP contribution >= 0.6 is 0 Å². The fourth-order valence-corrected chi connectivity index (χ4v) is 7.55. The van der Waals surface area contributed by atoms with Gasteiger partial charge in [-0.05, 0) is 49.0 Å². The molecule has 6 atom stereocenters. The van der Waals surface area contributed by atoms with Crippen molar-refractivity contribution in [3.05, 3.63) is 181 Å². The first-order chi connectivity index (χ1) is 27.5. The quantitative estimate of drug-likeness (QED) is 0.0881. The summed E-state index contributed by atoms with van der Waals surface area (Å²) in [6.45, 7) is 11.7. The van der Waals surface area contributed by atoms with Gasteiger partial charge in [0.2, 0.25) is 0 Å². The zero-order valence-electron chi connectivity index (χ0n) is 31.1. The number of benzene rings is 6. The highest BCUT2D eigenvalue weighted by Gasteiger charge is 2.37. The minimum absolute atomic E-state index is 0.196. The van der Waals surface area contributed by atoms with E-state index in [1.54, 1.807) is 0 Å². The highest BCUT2D eigenvalue weighted by Crippen LogP contribution is 2.38. The van der Waals surface area contributed by atoms with Gasteiger partial charge in [0.15, 0.2) is 0 Å². The van der Waals surface area contributed by atoms with Gasteiger partial charge in [0, 0.05) is 16.7 Å². The molecule has 0 aromatic heterocycles. The molecule has 6 aromatic carbocycles. The molecule has 0 bridgehead atoms. The van der Waals surface area contributed by atoms with Crippen LogP contribution in [-0.2, 0) is 28.6 Å². The molecule has 0 saturated carbocycles. The second-order valence-electron chi connectivity index (χ2n) is 14.2. The topological polar surface area (TPSA) is 140 Å². The van der Waals surface area contributed by atoms with E-state index in [9.17, 15) is 29.7 Å². The Kier molecular flexibility index (Phi) is 11.4. The lowest BCUT2D eigenvalue weighted by atomic mass is 9.89. The molecular formula is C48H42O9. The van der Waals surface area contributed by atoms with Crippen LogP contribution in [0.25, 0.3) is 32.3 Å². The Balaban J connectivity index is 0.000000131. The van der Waals surface area contributed by atoms with E-state index in [0.717, 1.165) is 49.0 Å². The molecule has 0 spiro atoms. The van der Waals surface area contributed by atoms with Gasteiger partial charge in [-0.25, -0.2) is 14.4 Å². The van der Waals surface area contributed by atoms with E-state index in [4.69, 9.17) is 14.2 Å². The molecule has 0 radical (unpaired) electrons. The number of esters is 3. The summed E-state index contributed by atoms with van der Waals surface area (Å²) in [5.41, 5.74) is 3.47. The number of cyclic esters (lactones) is 3. The van der Waals surface area contributed by atoms with E-state index in [1.165, 1.54) is 0 Å². The van der Waals surface area contributed by atoms with Crippen LogP contribution in [0, 0.1) is 17.8 Å². The third-order valence-electron chi connectivity index (χ3n) is 10.9. The molecule has 3 aliphatic rings. The van der Waals surface area contributed by atoms with Crippen LogP contribution in [0.15, 0.2) is 164 Å². The Morgan fingerprint density at radius 2 is 0.649 bits per heavy atom. The van der Waals surface area contributed by atoms with Gasteiger partial charge in [0.05, 0.1) is 36.1 Å². The smallest absolute Gasteiger partial charge is 0.333 e. The van der Waals surface area contributed by atoms with Crippen molar-refractivity contribution < 1.29 is 43.9 Å². The predicted octanol–water partition coefficient (Wildman–Crippen LogP) is 7.81. The fraction of sp³-hybridized carbons (Fsp3) is 0.188. The molecule has 9 nitrogen and oxygen atoms in total. The Labute approximate surface area is 329 Å². The van der Waals surface area contributed by atoms with Crippen molar-refractivity contribution in [2.24, 2.45) is 17.8 Å². The van der Waals surface area contributed by atoms with Gasteiger partial charge in [-0.3, -0.25) is 0 Å². The third kappa shape index (κ3) is 7.86. The van der Waals surface area contributed by atoms with E-state index in [1.807, 2.05) is 127 Å². The average Bonchev–Trinajstić information content (AvgIpc) is 3.89. The molecule has 9 rings (SSSR count). The number of aliphatic hydroxyl groups is 3. The zero-order valence-corrected chi connectivity index (χ0v) is 31.1. The second kappa shape index (κ2) is 16.8. The maximum Gasteiger partial charge on any atom is 0.333 e. The highest BCUT2D eigenvalue weighted by atomic mass is 16.5.